The number of nitrogens with zero attached hydrogens (tertiary/aromatic N) is 3. The van der Waals surface area contributed by atoms with Gasteiger partial charge in [-0.3, -0.25) is 14.5 Å². The molecule has 2 aliphatic heterocycles. The number of carboxylic acid groups (broad SMARTS) is 1. The molecule has 3 rings (SSSR count). The standard InChI is InChI=1S/C16H19N5O5S2/c1-3-4-26-20-10(8-6-27-16(17)18-8)12(22)19-11-13(23)21-9(15(24)25)5-7(2)28-14(11)21/h5-7,11,14H,3-4H2,1-2H3,(H2,17,18)(H,19,22)(H,24,25)/b20-10+. The zero-order valence-electron chi connectivity index (χ0n) is 15.1. The molecule has 2 amide bonds. The molecule has 0 aliphatic carbocycles. The fourth-order valence-electron chi connectivity index (χ4n) is 2.74. The maximum atomic E-state index is 12.8. The first-order chi connectivity index (χ1) is 13.3. The number of fused-ring (bicyclic) bond motifs is 1. The van der Waals surface area contributed by atoms with Crippen LogP contribution in [-0.4, -0.2) is 61.8 Å². The highest BCUT2D eigenvalue weighted by molar-refractivity contribution is 8.00. The van der Waals surface area contributed by atoms with Crippen molar-refractivity contribution in [3.63, 3.8) is 0 Å². The SMILES string of the molecule is CCCO/N=C(/C(=O)NC1C(=O)N2C(C(=O)O)=CC(C)SC12)c1csc(N)n1. The number of β-lactam (4-membered cyclic amide) rings is 1. The summed E-state index contributed by atoms with van der Waals surface area (Å²) in [5.41, 5.74) is 5.72. The summed E-state index contributed by atoms with van der Waals surface area (Å²) >= 11 is 2.54. The number of nitrogens with one attached hydrogen (secondary N) is 1. The second kappa shape index (κ2) is 8.19. The molecule has 10 nitrogen and oxygen atoms in total. The van der Waals surface area contributed by atoms with E-state index >= 15 is 0 Å². The van der Waals surface area contributed by atoms with Crippen LogP contribution in [0.25, 0.3) is 0 Å². The monoisotopic (exact) mass is 425 g/mol. The number of hydrogen-bond donors (Lipinski definition) is 3. The summed E-state index contributed by atoms with van der Waals surface area (Å²) in [4.78, 5) is 47.0. The van der Waals surface area contributed by atoms with Crippen LogP contribution in [0.15, 0.2) is 22.3 Å². The van der Waals surface area contributed by atoms with Crippen molar-refractivity contribution < 1.29 is 24.3 Å². The summed E-state index contributed by atoms with van der Waals surface area (Å²) in [6, 6.07) is -0.865. The molecule has 1 fully saturated rings. The Morgan fingerprint density at radius 2 is 2.25 bits per heavy atom. The van der Waals surface area contributed by atoms with Crippen molar-refractivity contribution in [2.75, 3.05) is 12.3 Å². The van der Waals surface area contributed by atoms with E-state index < -0.39 is 29.2 Å². The zero-order chi connectivity index (χ0) is 20.4. The number of nitrogen functional groups attached to an aromatic ring is 1. The van der Waals surface area contributed by atoms with Crippen molar-refractivity contribution in [1.82, 2.24) is 15.2 Å². The predicted molar refractivity (Wildman–Crippen MR) is 105 cm³/mol. The smallest absolute Gasteiger partial charge is 0.352 e. The number of anilines is 1. The molecule has 3 atom stereocenters. The van der Waals surface area contributed by atoms with Gasteiger partial charge in [0, 0.05) is 10.6 Å². The number of carbonyl (C=O) groups excluding carboxylic acids is 2. The number of rotatable bonds is 7. The van der Waals surface area contributed by atoms with Gasteiger partial charge in [0.2, 0.25) is 0 Å². The largest absolute Gasteiger partial charge is 0.477 e. The van der Waals surface area contributed by atoms with Gasteiger partial charge in [-0.2, -0.15) is 0 Å². The molecule has 3 heterocycles. The third-order valence-corrected chi connectivity index (χ3v) is 5.99. The number of thioether (sulfide) groups is 1. The van der Waals surface area contributed by atoms with E-state index in [2.05, 4.69) is 15.5 Å². The van der Waals surface area contributed by atoms with Crippen molar-refractivity contribution in [2.24, 2.45) is 5.16 Å². The van der Waals surface area contributed by atoms with E-state index in [9.17, 15) is 19.5 Å². The number of carboxylic acids is 1. The quantitative estimate of drug-likeness (QED) is 0.249. The third-order valence-electron chi connectivity index (χ3n) is 3.99. The first-order valence-electron chi connectivity index (χ1n) is 8.49. The predicted octanol–water partition coefficient (Wildman–Crippen LogP) is 0.613. The lowest BCUT2D eigenvalue weighted by Crippen LogP contribution is -2.71. The average molecular weight is 425 g/mol. The van der Waals surface area contributed by atoms with Gasteiger partial charge in [-0.05, 0) is 19.4 Å². The van der Waals surface area contributed by atoms with Crippen molar-refractivity contribution in [1.29, 1.82) is 0 Å². The Bertz CT molecular complexity index is 867. The summed E-state index contributed by atoms with van der Waals surface area (Å²) < 4.78 is 0. The second-order valence-corrected chi connectivity index (χ2v) is 8.48. The first-order valence-corrected chi connectivity index (χ1v) is 10.3. The number of aromatic nitrogens is 1. The Hall–Kier alpha value is -2.60. The van der Waals surface area contributed by atoms with Crippen LogP contribution in [0, 0.1) is 0 Å². The third kappa shape index (κ3) is 3.83. The van der Waals surface area contributed by atoms with Gasteiger partial charge in [0.15, 0.2) is 10.8 Å². The maximum Gasteiger partial charge on any atom is 0.352 e. The van der Waals surface area contributed by atoms with Gasteiger partial charge >= 0.3 is 5.97 Å². The molecule has 28 heavy (non-hydrogen) atoms. The second-order valence-electron chi connectivity index (χ2n) is 6.09. The fourth-order valence-corrected chi connectivity index (χ4v) is 4.62. The Balaban J connectivity index is 1.77. The zero-order valence-corrected chi connectivity index (χ0v) is 16.7. The summed E-state index contributed by atoms with van der Waals surface area (Å²) in [6.45, 7) is 4.04. The Morgan fingerprint density at radius 3 is 2.86 bits per heavy atom. The highest BCUT2D eigenvalue weighted by Gasteiger charge is 2.54. The van der Waals surface area contributed by atoms with E-state index in [4.69, 9.17) is 10.6 Å². The number of hydrogen-bond acceptors (Lipinski definition) is 9. The van der Waals surface area contributed by atoms with Gasteiger partial charge in [0.1, 0.15) is 29.4 Å². The molecular weight excluding hydrogens is 406 g/mol. The molecular formula is C16H19N5O5S2. The lowest BCUT2D eigenvalue weighted by molar-refractivity contribution is -0.150. The first kappa shape index (κ1) is 20.1. The van der Waals surface area contributed by atoms with Gasteiger partial charge in [0.25, 0.3) is 11.8 Å². The Morgan fingerprint density at radius 1 is 1.50 bits per heavy atom. The van der Waals surface area contributed by atoms with Crippen LogP contribution in [0.1, 0.15) is 26.0 Å². The Kier molecular flexibility index (Phi) is 5.89. The van der Waals surface area contributed by atoms with Gasteiger partial charge in [-0.15, -0.1) is 23.1 Å². The highest BCUT2D eigenvalue weighted by atomic mass is 32.2. The minimum absolute atomic E-state index is 0.0702. The summed E-state index contributed by atoms with van der Waals surface area (Å²) in [5.74, 6) is -2.31. The van der Waals surface area contributed by atoms with Gasteiger partial charge in [-0.1, -0.05) is 12.1 Å². The van der Waals surface area contributed by atoms with Crippen molar-refractivity contribution in [3.05, 3.63) is 22.8 Å². The lowest BCUT2D eigenvalue weighted by Gasteiger charge is -2.49. The van der Waals surface area contributed by atoms with E-state index in [-0.39, 0.29) is 27.5 Å². The fraction of sp³-hybridized carbons (Fsp3) is 0.438. The molecule has 0 bridgehead atoms. The van der Waals surface area contributed by atoms with E-state index in [1.54, 1.807) is 5.38 Å². The average Bonchev–Trinajstić information content (AvgIpc) is 3.08. The number of thiazole rings is 1. The Labute approximate surface area is 168 Å². The molecule has 0 saturated carbocycles. The van der Waals surface area contributed by atoms with E-state index in [1.165, 1.54) is 22.7 Å². The molecule has 2 aliphatic rings. The van der Waals surface area contributed by atoms with E-state index in [1.807, 2.05) is 13.8 Å². The molecule has 1 saturated heterocycles. The van der Waals surface area contributed by atoms with Crippen molar-refractivity contribution in [3.8, 4) is 0 Å². The summed E-state index contributed by atoms with van der Waals surface area (Å²) in [6.07, 6.45) is 2.22. The number of aliphatic carboxylic acids is 1. The number of oxime groups is 1. The number of nitrogens with two attached hydrogens (primary N) is 1. The number of carbonyl (C=O) groups is 3. The number of amides is 2. The van der Waals surface area contributed by atoms with Crippen molar-refractivity contribution in [2.45, 2.75) is 36.9 Å². The van der Waals surface area contributed by atoms with Crippen LogP contribution in [0.5, 0.6) is 0 Å². The maximum absolute atomic E-state index is 12.8. The van der Waals surface area contributed by atoms with Gasteiger partial charge in [-0.25, -0.2) is 9.78 Å². The molecule has 1 aromatic rings. The van der Waals surface area contributed by atoms with Crippen LogP contribution in [0.4, 0.5) is 5.13 Å². The topological polar surface area (TPSA) is 147 Å². The highest BCUT2D eigenvalue weighted by Crippen LogP contribution is 2.40. The van der Waals surface area contributed by atoms with Crippen molar-refractivity contribution >= 4 is 51.7 Å². The van der Waals surface area contributed by atoms with E-state index in [0.717, 1.165) is 11.3 Å². The summed E-state index contributed by atoms with van der Waals surface area (Å²) in [7, 11) is 0. The molecule has 0 spiro atoms. The van der Waals surface area contributed by atoms with Gasteiger partial charge < -0.3 is 21.0 Å². The molecule has 12 heteroatoms. The minimum atomic E-state index is -1.18. The van der Waals surface area contributed by atoms with Crippen LogP contribution >= 0.6 is 23.1 Å². The van der Waals surface area contributed by atoms with Crippen LogP contribution in [0.2, 0.25) is 0 Å². The molecule has 1 aromatic heterocycles. The van der Waals surface area contributed by atoms with Crippen LogP contribution < -0.4 is 11.1 Å². The molecule has 0 radical (unpaired) electrons. The normalized spacial score (nSPS) is 24.1. The summed E-state index contributed by atoms with van der Waals surface area (Å²) in [5, 5.41) is 17.0. The molecule has 150 valence electrons. The van der Waals surface area contributed by atoms with Gasteiger partial charge in [0.05, 0.1) is 0 Å². The minimum Gasteiger partial charge on any atom is -0.477 e. The molecule has 4 N–H and O–H groups in total. The van der Waals surface area contributed by atoms with Crippen LogP contribution in [-0.2, 0) is 19.2 Å². The molecule has 3 unspecified atom stereocenters. The van der Waals surface area contributed by atoms with E-state index in [0.29, 0.717) is 13.0 Å². The van der Waals surface area contributed by atoms with Crippen LogP contribution in [0.3, 0.4) is 0 Å². The molecule has 0 aromatic carbocycles. The lowest BCUT2D eigenvalue weighted by atomic mass is 10.0.